The number of ether oxygens (including phenoxy) is 1. The molecule has 1 amide bonds. The number of benzene rings is 1. The first-order valence-electron chi connectivity index (χ1n) is 8.92. The lowest BCUT2D eigenvalue weighted by Crippen LogP contribution is -2.36. The van der Waals surface area contributed by atoms with Crippen molar-refractivity contribution in [1.82, 2.24) is 15.2 Å². The van der Waals surface area contributed by atoms with Crippen LogP contribution in [-0.4, -0.2) is 32.3 Å². The van der Waals surface area contributed by atoms with Crippen LogP contribution in [-0.2, 0) is 9.53 Å². The lowest BCUT2D eigenvalue weighted by molar-refractivity contribution is -0.126. The Hall–Kier alpha value is -2.38. The molecule has 1 aliphatic heterocycles. The third-order valence-electron chi connectivity index (χ3n) is 4.92. The van der Waals surface area contributed by atoms with Crippen molar-refractivity contribution in [3.63, 3.8) is 0 Å². The lowest BCUT2D eigenvalue weighted by atomic mass is 9.87. The van der Waals surface area contributed by atoms with Crippen LogP contribution in [0.15, 0.2) is 36.7 Å². The molecule has 1 fully saturated rings. The molecular weight excluding hydrogens is 360 g/mol. The number of hydrogen-bond acceptors (Lipinski definition) is 6. The Morgan fingerprint density at radius 2 is 2.07 bits per heavy atom. The Morgan fingerprint density at radius 1 is 1.26 bits per heavy atom. The monoisotopic (exact) mass is 382 g/mol. The van der Waals surface area contributed by atoms with Crippen molar-refractivity contribution >= 4 is 33.3 Å². The molecule has 7 heteroatoms. The van der Waals surface area contributed by atoms with Crippen molar-refractivity contribution in [2.24, 2.45) is 5.92 Å². The number of aromatic nitrogens is 3. The van der Waals surface area contributed by atoms with Gasteiger partial charge in [0.25, 0.3) is 0 Å². The van der Waals surface area contributed by atoms with Gasteiger partial charge in [0.15, 0.2) is 5.13 Å². The first-order valence-corrected chi connectivity index (χ1v) is 9.74. The molecule has 0 aliphatic carbocycles. The van der Waals surface area contributed by atoms with E-state index in [1.165, 1.54) is 11.3 Å². The Kier molecular flexibility index (Phi) is 4.24. The standard InChI is InChI=1S/C20H22N4O2S/c1-19(2)10-14(20(3,4)26-19)17(25)23-18-21-11-16(27-18)13-5-6-15-12(9-13)7-8-22-24-15/h5-9,11,14H,10H2,1-4H3,(H,21,23,25). The van der Waals surface area contributed by atoms with Crippen LogP contribution in [0.1, 0.15) is 34.1 Å². The predicted octanol–water partition coefficient (Wildman–Crippen LogP) is 4.29. The number of carbonyl (C=O) groups is 1. The second-order valence-electron chi connectivity index (χ2n) is 8.05. The number of nitrogens with one attached hydrogen (secondary N) is 1. The number of amides is 1. The summed E-state index contributed by atoms with van der Waals surface area (Å²) in [7, 11) is 0. The SMILES string of the molecule is CC1(C)CC(C(=O)Nc2ncc(-c3ccc4nnccc4c3)s2)C(C)(C)O1. The fourth-order valence-corrected chi connectivity index (χ4v) is 4.59. The maximum Gasteiger partial charge on any atom is 0.232 e. The van der Waals surface area contributed by atoms with Crippen molar-refractivity contribution < 1.29 is 9.53 Å². The molecule has 1 N–H and O–H groups in total. The molecule has 3 aromatic rings. The van der Waals surface area contributed by atoms with Crippen LogP contribution < -0.4 is 5.32 Å². The Bertz CT molecular complexity index is 1010. The number of thiazole rings is 1. The second kappa shape index (κ2) is 6.35. The lowest BCUT2D eigenvalue weighted by Gasteiger charge is -2.26. The van der Waals surface area contributed by atoms with Crippen LogP contribution in [0.2, 0.25) is 0 Å². The first-order chi connectivity index (χ1) is 12.7. The van der Waals surface area contributed by atoms with Gasteiger partial charge in [-0.2, -0.15) is 10.2 Å². The van der Waals surface area contributed by atoms with E-state index in [1.54, 1.807) is 12.4 Å². The summed E-state index contributed by atoms with van der Waals surface area (Å²) in [5.74, 6) is -0.251. The zero-order chi connectivity index (χ0) is 19.2. The summed E-state index contributed by atoms with van der Waals surface area (Å²) in [4.78, 5) is 18.2. The Morgan fingerprint density at radius 3 is 2.81 bits per heavy atom. The maximum atomic E-state index is 12.8. The highest BCUT2D eigenvalue weighted by Crippen LogP contribution is 2.42. The molecular formula is C20H22N4O2S. The van der Waals surface area contributed by atoms with Gasteiger partial charge < -0.3 is 10.1 Å². The maximum absolute atomic E-state index is 12.8. The van der Waals surface area contributed by atoms with Crippen molar-refractivity contribution in [2.45, 2.75) is 45.3 Å². The fourth-order valence-electron chi connectivity index (χ4n) is 3.77. The molecule has 1 unspecified atom stereocenters. The largest absolute Gasteiger partial charge is 0.369 e. The van der Waals surface area contributed by atoms with Crippen LogP contribution in [0.25, 0.3) is 21.3 Å². The molecule has 0 spiro atoms. The van der Waals surface area contributed by atoms with Gasteiger partial charge in [-0.1, -0.05) is 17.4 Å². The summed E-state index contributed by atoms with van der Waals surface area (Å²) in [6.07, 6.45) is 4.16. The summed E-state index contributed by atoms with van der Waals surface area (Å²) in [5.41, 5.74) is 1.10. The molecule has 2 aromatic heterocycles. The van der Waals surface area contributed by atoms with Crippen molar-refractivity contribution in [3.05, 3.63) is 36.7 Å². The molecule has 1 aliphatic rings. The molecule has 0 saturated carbocycles. The number of anilines is 1. The number of hydrogen-bond donors (Lipinski definition) is 1. The molecule has 140 valence electrons. The summed E-state index contributed by atoms with van der Waals surface area (Å²) in [6, 6.07) is 7.92. The fraction of sp³-hybridized carbons (Fsp3) is 0.400. The minimum absolute atomic E-state index is 0.0414. The van der Waals surface area contributed by atoms with Crippen molar-refractivity contribution in [2.75, 3.05) is 5.32 Å². The van der Waals surface area contributed by atoms with E-state index in [-0.39, 0.29) is 17.4 Å². The minimum atomic E-state index is -0.493. The summed E-state index contributed by atoms with van der Waals surface area (Å²) in [5, 5.41) is 12.6. The Labute approximate surface area is 162 Å². The summed E-state index contributed by atoms with van der Waals surface area (Å²) in [6.45, 7) is 7.98. The molecule has 1 atom stereocenters. The van der Waals surface area contributed by atoms with E-state index in [9.17, 15) is 4.79 Å². The van der Waals surface area contributed by atoms with Crippen LogP contribution in [0.3, 0.4) is 0 Å². The van der Waals surface area contributed by atoms with E-state index in [0.29, 0.717) is 11.6 Å². The zero-order valence-corrected chi connectivity index (χ0v) is 16.6. The topological polar surface area (TPSA) is 77.0 Å². The first kappa shape index (κ1) is 18.0. The van der Waals surface area contributed by atoms with E-state index in [2.05, 4.69) is 26.6 Å². The normalized spacial score (nSPS) is 20.7. The molecule has 1 saturated heterocycles. The van der Waals surface area contributed by atoms with Gasteiger partial charge >= 0.3 is 0 Å². The molecule has 6 nitrogen and oxygen atoms in total. The van der Waals surface area contributed by atoms with Crippen LogP contribution in [0, 0.1) is 5.92 Å². The highest BCUT2D eigenvalue weighted by atomic mass is 32.1. The average molecular weight is 382 g/mol. The molecule has 0 bridgehead atoms. The number of carbonyl (C=O) groups excluding carboxylic acids is 1. The zero-order valence-electron chi connectivity index (χ0n) is 15.8. The number of nitrogens with zero attached hydrogens (tertiary/aromatic N) is 3. The van der Waals surface area contributed by atoms with Gasteiger partial charge in [0.2, 0.25) is 5.91 Å². The van der Waals surface area contributed by atoms with Gasteiger partial charge in [-0.05, 0) is 57.9 Å². The average Bonchev–Trinajstić information content (AvgIpc) is 3.15. The van der Waals surface area contributed by atoms with Crippen molar-refractivity contribution in [3.8, 4) is 10.4 Å². The van der Waals surface area contributed by atoms with Gasteiger partial charge in [-0.25, -0.2) is 4.98 Å². The van der Waals surface area contributed by atoms with Crippen LogP contribution in [0.5, 0.6) is 0 Å². The van der Waals surface area contributed by atoms with Gasteiger partial charge in [-0.15, -0.1) is 0 Å². The highest BCUT2D eigenvalue weighted by Gasteiger charge is 2.49. The van der Waals surface area contributed by atoms with Gasteiger partial charge in [0.05, 0.1) is 33.7 Å². The van der Waals surface area contributed by atoms with Gasteiger partial charge in [-0.3, -0.25) is 4.79 Å². The minimum Gasteiger partial charge on any atom is -0.369 e. The van der Waals surface area contributed by atoms with E-state index < -0.39 is 5.60 Å². The summed E-state index contributed by atoms with van der Waals surface area (Å²) < 4.78 is 6.03. The molecule has 3 heterocycles. The highest BCUT2D eigenvalue weighted by molar-refractivity contribution is 7.19. The van der Waals surface area contributed by atoms with E-state index in [1.807, 2.05) is 45.9 Å². The quantitative estimate of drug-likeness (QED) is 0.731. The molecule has 1 aromatic carbocycles. The van der Waals surface area contributed by atoms with Crippen molar-refractivity contribution in [1.29, 1.82) is 0 Å². The predicted molar refractivity (Wildman–Crippen MR) is 107 cm³/mol. The van der Waals surface area contributed by atoms with Crippen LogP contribution in [0.4, 0.5) is 5.13 Å². The third kappa shape index (κ3) is 3.57. The molecule has 4 rings (SSSR count). The third-order valence-corrected chi connectivity index (χ3v) is 5.89. The smallest absolute Gasteiger partial charge is 0.232 e. The van der Waals surface area contributed by atoms with E-state index in [4.69, 9.17) is 4.74 Å². The second-order valence-corrected chi connectivity index (χ2v) is 9.08. The van der Waals surface area contributed by atoms with E-state index >= 15 is 0 Å². The molecule has 0 radical (unpaired) electrons. The molecule has 27 heavy (non-hydrogen) atoms. The Balaban J connectivity index is 1.53. The van der Waals surface area contributed by atoms with Gasteiger partial charge in [0.1, 0.15) is 0 Å². The van der Waals surface area contributed by atoms with E-state index in [0.717, 1.165) is 21.3 Å². The van der Waals surface area contributed by atoms with Crippen LogP contribution >= 0.6 is 11.3 Å². The number of fused-ring (bicyclic) bond motifs is 1. The van der Waals surface area contributed by atoms with Gasteiger partial charge in [0, 0.05) is 11.6 Å². The summed E-state index contributed by atoms with van der Waals surface area (Å²) >= 11 is 1.46. The number of rotatable bonds is 3.